The number of amides is 2. The van der Waals surface area contributed by atoms with Crippen LogP contribution in [0.15, 0.2) is 53.4 Å². The summed E-state index contributed by atoms with van der Waals surface area (Å²) in [6.07, 6.45) is 3.30. The molecule has 25 heavy (non-hydrogen) atoms. The van der Waals surface area contributed by atoms with Gasteiger partial charge in [0.05, 0.1) is 11.4 Å². The maximum Gasteiger partial charge on any atom is 0.248 e. The van der Waals surface area contributed by atoms with Crippen molar-refractivity contribution in [3.63, 3.8) is 0 Å². The third-order valence-corrected chi connectivity index (χ3v) is 4.98. The molecule has 128 valence electrons. The molecule has 0 radical (unpaired) electrons. The monoisotopic (exact) mass is 352 g/mol. The van der Waals surface area contributed by atoms with Crippen LogP contribution in [-0.2, 0) is 9.59 Å². The minimum Gasteiger partial charge on any atom is -0.324 e. The summed E-state index contributed by atoms with van der Waals surface area (Å²) in [7, 11) is 0. The van der Waals surface area contributed by atoms with Gasteiger partial charge in [-0.2, -0.15) is 0 Å². The molecule has 0 unspecified atom stereocenters. The van der Waals surface area contributed by atoms with Crippen LogP contribution >= 0.6 is 11.8 Å². The molecule has 0 fully saturated rings. The van der Waals surface area contributed by atoms with Crippen LogP contribution in [0.2, 0.25) is 0 Å². The van der Waals surface area contributed by atoms with E-state index < -0.39 is 0 Å². The molecule has 4 nitrogen and oxygen atoms in total. The maximum absolute atomic E-state index is 12.1. The second-order valence-corrected chi connectivity index (χ2v) is 7.21. The first kappa shape index (κ1) is 17.3. The van der Waals surface area contributed by atoms with Crippen molar-refractivity contribution in [3.8, 4) is 0 Å². The number of anilines is 2. The number of hydrogen-bond donors (Lipinski definition) is 2. The minimum absolute atomic E-state index is 0.0225. The Morgan fingerprint density at radius 1 is 1.20 bits per heavy atom. The normalized spacial score (nSPS) is 13.6. The van der Waals surface area contributed by atoms with Crippen LogP contribution in [0, 0.1) is 0 Å². The van der Waals surface area contributed by atoms with Gasteiger partial charge in [0, 0.05) is 16.7 Å². The van der Waals surface area contributed by atoms with E-state index in [1.807, 2.05) is 24.3 Å². The second kappa shape index (κ2) is 7.57. The first-order chi connectivity index (χ1) is 12.0. The van der Waals surface area contributed by atoms with E-state index in [1.54, 1.807) is 12.1 Å². The van der Waals surface area contributed by atoms with E-state index in [1.165, 1.54) is 23.4 Å². The fraction of sp³-hybridized carbons (Fsp3) is 0.200. The molecule has 2 N–H and O–H groups in total. The first-order valence-corrected chi connectivity index (χ1v) is 9.15. The van der Waals surface area contributed by atoms with Crippen LogP contribution < -0.4 is 10.6 Å². The van der Waals surface area contributed by atoms with Gasteiger partial charge in [-0.05, 0) is 41.3 Å². The summed E-state index contributed by atoms with van der Waals surface area (Å²) < 4.78 is 0. The van der Waals surface area contributed by atoms with E-state index in [2.05, 4.69) is 36.6 Å². The highest BCUT2D eigenvalue weighted by atomic mass is 32.2. The summed E-state index contributed by atoms with van der Waals surface area (Å²) in [6.45, 7) is 4.30. The Balaban J connectivity index is 1.64. The Morgan fingerprint density at radius 3 is 2.68 bits per heavy atom. The van der Waals surface area contributed by atoms with E-state index in [9.17, 15) is 9.59 Å². The molecule has 0 aromatic heterocycles. The highest BCUT2D eigenvalue weighted by Crippen LogP contribution is 2.33. The zero-order chi connectivity index (χ0) is 17.8. The molecular weight excluding hydrogens is 332 g/mol. The van der Waals surface area contributed by atoms with Crippen molar-refractivity contribution in [2.45, 2.75) is 24.7 Å². The molecule has 0 saturated carbocycles. The predicted molar refractivity (Wildman–Crippen MR) is 104 cm³/mol. The van der Waals surface area contributed by atoms with Gasteiger partial charge in [-0.3, -0.25) is 9.59 Å². The minimum atomic E-state index is -0.206. The molecule has 2 aromatic rings. The maximum atomic E-state index is 12.1. The summed E-state index contributed by atoms with van der Waals surface area (Å²) >= 11 is 1.50. The van der Waals surface area contributed by atoms with Crippen LogP contribution in [0.4, 0.5) is 11.4 Å². The summed E-state index contributed by atoms with van der Waals surface area (Å²) in [5, 5.41) is 5.64. The van der Waals surface area contributed by atoms with Gasteiger partial charge >= 0.3 is 0 Å². The van der Waals surface area contributed by atoms with E-state index in [-0.39, 0.29) is 11.8 Å². The van der Waals surface area contributed by atoms with E-state index in [4.69, 9.17) is 0 Å². The molecule has 1 heterocycles. The second-order valence-electron chi connectivity index (χ2n) is 6.19. The Hall–Kier alpha value is -2.53. The molecule has 5 heteroatoms. The lowest BCUT2D eigenvalue weighted by Crippen LogP contribution is -2.19. The van der Waals surface area contributed by atoms with Crippen LogP contribution in [0.25, 0.3) is 6.08 Å². The Bertz CT molecular complexity index is 826. The Morgan fingerprint density at radius 2 is 1.96 bits per heavy atom. The molecule has 0 spiro atoms. The van der Waals surface area contributed by atoms with Gasteiger partial charge in [0.15, 0.2) is 0 Å². The van der Waals surface area contributed by atoms with Crippen molar-refractivity contribution in [2.75, 3.05) is 16.4 Å². The van der Waals surface area contributed by atoms with Crippen molar-refractivity contribution in [1.29, 1.82) is 0 Å². The highest BCUT2D eigenvalue weighted by Gasteiger charge is 2.15. The fourth-order valence-electron chi connectivity index (χ4n) is 2.51. The van der Waals surface area contributed by atoms with Crippen molar-refractivity contribution < 1.29 is 9.59 Å². The standard InChI is InChI=1S/C20H20N2O2S/c1-13(2)15-6-3-14(4-7-15)5-10-19(23)21-16-8-9-18-17(11-16)22-20(24)12-25-18/h3-11,13H,12H2,1-2H3,(H,21,23)(H,22,24)/b10-5+. The summed E-state index contributed by atoms with van der Waals surface area (Å²) in [6, 6.07) is 13.7. The Labute approximate surface area is 151 Å². The molecule has 0 aliphatic carbocycles. The van der Waals surface area contributed by atoms with E-state index >= 15 is 0 Å². The molecular formula is C20H20N2O2S. The smallest absolute Gasteiger partial charge is 0.248 e. The number of carbonyl (C=O) groups is 2. The van der Waals surface area contributed by atoms with Crippen molar-refractivity contribution in [3.05, 3.63) is 59.7 Å². The molecule has 3 rings (SSSR count). The molecule has 1 aliphatic heterocycles. The number of fused-ring (bicyclic) bond motifs is 1. The lowest BCUT2D eigenvalue weighted by Gasteiger charge is -2.17. The van der Waals surface area contributed by atoms with Gasteiger partial charge < -0.3 is 10.6 Å². The van der Waals surface area contributed by atoms with Crippen molar-refractivity contribution in [2.24, 2.45) is 0 Å². The summed E-state index contributed by atoms with van der Waals surface area (Å²) in [5.41, 5.74) is 3.66. The first-order valence-electron chi connectivity index (χ1n) is 8.17. The predicted octanol–water partition coefficient (Wildman–Crippen LogP) is 4.51. The third-order valence-electron chi connectivity index (χ3n) is 3.91. The average molecular weight is 352 g/mol. The molecule has 0 bridgehead atoms. The molecule has 1 aliphatic rings. The zero-order valence-corrected chi connectivity index (χ0v) is 15.0. The van der Waals surface area contributed by atoms with Crippen molar-refractivity contribution >= 4 is 41.0 Å². The molecule has 0 saturated heterocycles. The van der Waals surface area contributed by atoms with Crippen LogP contribution in [0.3, 0.4) is 0 Å². The number of carbonyl (C=O) groups excluding carboxylic acids is 2. The topological polar surface area (TPSA) is 58.2 Å². The van der Waals surface area contributed by atoms with Gasteiger partial charge in [-0.15, -0.1) is 11.8 Å². The van der Waals surface area contributed by atoms with Crippen LogP contribution in [0.5, 0.6) is 0 Å². The number of rotatable bonds is 4. The highest BCUT2D eigenvalue weighted by molar-refractivity contribution is 8.00. The van der Waals surface area contributed by atoms with Crippen LogP contribution in [0.1, 0.15) is 30.9 Å². The van der Waals surface area contributed by atoms with Gasteiger partial charge in [-0.1, -0.05) is 38.1 Å². The SMILES string of the molecule is CC(C)c1ccc(/C=C/C(=O)Nc2ccc3c(c2)NC(=O)CS3)cc1. The summed E-state index contributed by atoms with van der Waals surface area (Å²) in [5.74, 6) is 0.689. The Kier molecular flexibility index (Phi) is 5.24. The van der Waals surface area contributed by atoms with Gasteiger partial charge in [0.2, 0.25) is 11.8 Å². The van der Waals surface area contributed by atoms with Gasteiger partial charge in [0.25, 0.3) is 0 Å². The van der Waals surface area contributed by atoms with Crippen molar-refractivity contribution in [1.82, 2.24) is 0 Å². The number of nitrogens with one attached hydrogen (secondary N) is 2. The van der Waals surface area contributed by atoms with Gasteiger partial charge in [-0.25, -0.2) is 0 Å². The lowest BCUT2D eigenvalue weighted by atomic mass is 10.0. The summed E-state index contributed by atoms with van der Waals surface area (Å²) in [4.78, 5) is 24.6. The molecule has 2 aromatic carbocycles. The average Bonchev–Trinajstić information content (AvgIpc) is 2.60. The third kappa shape index (κ3) is 4.51. The van der Waals surface area contributed by atoms with Crippen LogP contribution in [-0.4, -0.2) is 17.6 Å². The van der Waals surface area contributed by atoms with E-state index in [0.717, 1.165) is 16.1 Å². The number of benzene rings is 2. The fourth-order valence-corrected chi connectivity index (χ4v) is 3.30. The van der Waals surface area contributed by atoms with E-state index in [0.29, 0.717) is 17.4 Å². The van der Waals surface area contributed by atoms with Gasteiger partial charge in [0.1, 0.15) is 0 Å². The number of thioether (sulfide) groups is 1. The largest absolute Gasteiger partial charge is 0.324 e. The molecule has 0 atom stereocenters. The quantitative estimate of drug-likeness (QED) is 0.796. The zero-order valence-electron chi connectivity index (χ0n) is 14.2. The molecule has 2 amide bonds. The lowest BCUT2D eigenvalue weighted by molar-refractivity contribution is -0.114. The number of hydrogen-bond acceptors (Lipinski definition) is 3.